The van der Waals surface area contributed by atoms with Crippen molar-refractivity contribution in [3.05, 3.63) is 34.2 Å². The van der Waals surface area contributed by atoms with Gasteiger partial charge in [-0.3, -0.25) is 4.98 Å². The number of nitrogens with zero attached hydrogens (tertiary/aromatic N) is 3. The molecule has 4 nitrogen and oxygen atoms in total. The van der Waals surface area contributed by atoms with E-state index in [0.29, 0.717) is 0 Å². The number of aromatic nitrogens is 3. The fourth-order valence-electron chi connectivity index (χ4n) is 1.49. The summed E-state index contributed by atoms with van der Waals surface area (Å²) in [5.41, 5.74) is 2.08. The summed E-state index contributed by atoms with van der Waals surface area (Å²) in [6, 6.07) is 0. The van der Waals surface area contributed by atoms with E-state index in [9.17, 15) is 0 Å². The van der Waals surface area contributed by atoms with Crippen LogP contribution in [0.15, 0.2) is 17.8 Å². The molecule has 0 radical (unpaired) electrons. The highest BCUT2D eigenvalue weighted by atomic mass is 32.1. The van der Waals surface area contributed by atoms with Crippen LogP contribution in [0, 0.1) is 6.92 Å². The first-order chi connectivity index (χ1) is 8.28. The van der Waals surface area contributed by atoms with Crippen LogP contribution in [0.2, 0.25) is 0 Å². The first-order valence-corrected chi connectivity index (χ1v) is 6.61. The number of aryl methyl sites for hydroxylation is 2. The molecule has 0 bridgehead atoms. The Balaban J connectivity index is 1.83. The van der Waals surface area contributed by atoms with Crippen molar-refractivity contribution < 1.29 is 0 Å². The fourth-order valence-corrected chi connectivity index (χ4v) is 2.27. The SMILES string of the molecule is CCc1nc(CCNc2cncc(C)n2)cs1. The zero-order chi connectivity index (χ0) is 12.1. The molecule has 2 heterocycles. The predicted molar refractivity (Wildman–Crippen MR) is 70.5 cm³/mol. The van der Waals surface area contributed by atoms with Crippen molar-refractivity contribution in [1.29, 1.82) is 0 Å². The van der Waals surface area contributed by atoms with Crippen LogP contribution in [0.5, 0.6) is 0 Å². The summed E-state index contributed by atoms with van der Waals surface area (Å²) >= 11 is 1.73. The van der Waals surface area contributed by atoms with Crippen LogP contribution < -0.4 is 5.32 Å². The van der Waals surface area contributed by atoms with Gasteiger partial charge in [0.25, 0.3) is 0 Å². The number of hydrogen-bond donors (Lipinski definition) is 1. The summed E-state index contributed by atoms with van der Waals surface area (Å²) in [7, 11) is 0. The Kier molecular flexibility index (Phi) is 4.03. The molecule has 0 spiro atoms. The van der Waals surface area contributed by atoms with Gasteiger partial charge < -0.3 is 5.32 Å². The number of rotatable bonds is 5. The van der Waals surface area contributed by atoms with E-state index >= 15 is 0 Å². The molecule has 0 amide bonds. The van der Waals surface area contributed by atoms with Gasteiger partial charge in [-0.25, -0.2) is 9.97 Å². The normalized spacial score (nSPS) is 10.5. The predicted octanol–water partition coefficient (Wildman–Crippen LogP) is 2.46. The van der Waals surface area contributed by atoms with Gasteiger partial charge in [0.2, 0.25) is 0 Å². The van der Waals surface area contributed by atoms with E-state index in [-0.39, 0.29) is 0 Å². The van der Waals surface area contributed by atoms with Gasteiger partial charge in [0.1, 0.15) is 5.82 Å². The quantitative estimate of drug-likeness (QED) is 0.883. The van der Waals surface area contributed by atoms with Crippen molar-refractivity contribution >= 4 is 17.2 Å². The van der Waals surface area contributed by atoms with Crippen LogP contribution in [-0.2, 0) is 12.8 Å². The molecule has 17 heavy (non-hydrogen) atoms. The van der Waals surface area contributed by atoms with Crippen LogP contribution in [0.1, 0.15) is 23.3 Å². The average Bonchev–Trinajstić information content (AvgIpc) is 2.77. The second-order valence-electron chi connectivity index (χ2n) is 3.81. The maximum absolute atomic E-state index is 4.52. The zero-order valence-corrected chi connectivity index (χ0v) is 10.9. The van der Waals surface area contributed by atoms with E-state index in [2.05, 4.69) is 32.6 Å². The van der Waals surface area contributed by atoms with Crippen molar-refractivity contribution in [2.45, 2.75) is 26.7 Å². The van der Waals surface area contributed by atoms with Crippen molar-refractivity contribution in [2.24, 2.45) is 0 Å². The molecule has 0 aromatic carbocycles. The van der Waals surface area contributed by atoms with E-state index in [1.807, 2.05) is 6.92 Å². The van der Waals surface area contributed by atoms with Gasteiger partial charge in [-0.05, 0) is 13.3 Å². The van der Waals surface area contributed by atoms with Crippen LogP contribution in [-0.4, -0.2) is 21.5 Å². The molecule has 0 unspecified atom stereocenters. The molecule has 2 aromatic heterocycles. The van der Waals surface area contributed by atoms with Crippen molar-refractivity contribution in [3.63, 3.8) is 0 Å². The van der Waals surface area contributed by atoms with Crippen molar-refractivity contribution in [1.82, 2.24) is 15.0 Å². The third-order valence-electron chi connectivity index (χ3n) is 2.34. The molecule has 2 rings (SSSR count). The second-order valence-corrected chi connectivity index (χ2v) is 4.75. The summed E-state index contributed by atoms with van der Waals surface area (Å²) in [6.07, 6.45) is 5.43. The minimum atomic E-state index is 0.830. The maximum Gasteiger partial charge on any atom is 0.144 e. The van der Waals surface area contributed by atoms with Gasteiger partial charge in [0.15, 0.2) is 0 Å². The number of hydrogen-bond acceptors (Lipinski definition) is 5. The second kappa shape index (κ2) is 5.72. The fraction of sp³-hybridized carbons (Fsp3) is 0.417. The van der Waals surface area contributed by atoms with Crippen LogP contribution in [0.3, 0.4) is 0 Å². The lowest BCUT2D eigenvalue weighted by atomic mass is 10.3. The summed E-state index contributed by atoms with van der Waals surface area (Å²) in [5.74, 6) is 0.830. The minimum absolute atomic E-state index is 0.830. The maximum atomic E-state index is 4.52. The largest absolute Gasteiger partial charge is 0.368 e. The van der Waals surface area contributed by atoms with Crippen LogP contribution in [0.25, 0.3) is 0 Å². The molecular weight excluding hydrogens is 232 g/mol. The minimum Gasteiger partial charge on any atom is -0.368 e. The number of thiazole rings is 1. The number of anilines is 1. The highest BCUT2D eigenvalue weighted by Gasteiger charge is 2.00. The molecule has 1 N–H and O–H groups in total. The Morgan fingerprint density at radius 1 is 1.29 bits per heavy atom. The van der Waals surface area contributed by atoms with Gasteiger partial charge in [-0.1, -0.05) is 6.92 Å². The Hall–Kier alpha value is -1.49. The lowest BCUT2D eigenvalue weighted by molar-refractivity contribution is 0.939. The van der Waals surface area contributed by atoms with Gasteiger partial charge in [0, 0.05) is 24.5 Å². The lowest BCUT2D eigenvalue weighted by Gasteiger charge is -2.03. The van der Waals surface area contributed by atoms with Crippen LogP contribution in [0.4, 0.5) is 5.82 Å². The Bertz CT molecular complexity index is 481. The molecule has 0 saturated heterocycles. The van der Waals surface area contributed by atoms with Crippen LogP contribution >= 0.6 is 11.3 Å². The smallest absolute Gasteiger partial charge is 0.144 e. The Morgan fingerprint density at radius 3 is 2.88 bits per heavy atom. The third kappa shape index (κ3) is 3.49. The highest BCUT2D eigenvalue weighted by Crippen LogP contribution is 2.10. The van der Waals surface area contributed by atoms with Crippen molar-refractivity contribution in [3.8, 4) is 0 Å². The molecule has 90 valence electrons. The van der Waals surface area contributed by atoms with Gasteiger partial charge in [-0.15, -0.1) is 11.3 Å². The van der Waals surface area contributed by atoms with Crippen molar-refractivity contribution in [2.75, 3.05) is 11.9 Å². The summed E-state index contributed by atoms with van der Waals surface area (Å²) < 4.78 is 0. The molecular formula is C12H16N4S. The van der Waals surface area contributed by atoms with Gasteiger partial charge >= 0.3 is 0 Å². The van der Waals surface area contributed by atoms with E-state index in [0.717, 1.165) is 36.6 Å². The average molecular weight is 248 g/mol. The summed E-state index contributed by atoms with van der Waals surface area (Å²) in [4.78, 5) is 12.9. The molecule has 0 fully saturated rings. The molecule has 0 atom stereocenters. The first-order valence-electron chi connectivity index (χ1n) is 5.73. The Labute approximate surface area is 105 Å². The summed E-state index contributed by atoms with van der Waals surface area (Å²) in [5, 5.41) is 6.58. The molecule has 0 aliphatic rings. The zero-order valence-electron chi connectivity index (χ0n) is 10.1. The Morgan fingerprint density at radius 2 is 2.18 bits per heavy atom. The molecule has 5 heteroatoms. The molecule has 0 aliphatic heterocycles. The van der Waals surface area contributed by atoms with E-state index in [4.69, 9.17) is 0 Å². The third-order valence-corrected chi connectivity index (χ3v) is 3.39. The highest BCUT2D eigenvalue weighted by molar-refractivity contribution is 7.09. The molecule has 2 aromatic rings. The van der Waals surface area contributed by atoms with Gasteiger partial charge in [-0.2, -0.15) is 0 Å². The topological polar surface area (TPSA) is 50.7 Å². The first kappa shape index (κ1) is 12.0. The standard InChI is InChI=1S/C12H16N4S/c1-3-12-16-10(8-17-12)4-5-14-11-7-13-6-9(2)15-11/h6-8H,3-5H2,1-2H3,(H,14,15). The molecule has 0 aliphatic carbocycles. The van der Waals surface area contributed by atoms with E-state index < -0.39 is 0 Å². The van der Waals surface area contributed by atoms with E-state index in [1.54, 1.807) is 23.7 Å². The monoisotopic (exact) mass is 248 g/mol. The van der Waals surface area contributed by atoms with E-state index in [1.165, 1.54) is 5.01 Å². The summed E-state index contributed by atoms with van der Waals surface area (Å²) in [6.45, 7) is 4.90. The number of nitrogens with one attached hydrogen (secondary N) is 1. The van der Waals surface area contributed by atoms with Gasteiger partial charge in [0.05, 0.1) is 22.6 Å². The molecule has 0 saturated carbocycles. The lowest BCUT2D eigenvalue weighted by Crippen LogP contribution is -2.07.